The first-order valence-electron chi connectivity index (χ1n) is 8.17. The highest BCUT2D eigenvalue weighted by molar-refractivity contribution is 5.97. The zero-order valence-electron chi connectivity index (χ0n) is 14.3. The quantitative estimate of drug-likeness (QED) is 0.899. The largest absolute Gasteiger partial charge is 0.343 e. The van der Waals surface area contributed by atoms with E-state index < -0.39 is 0 Å². The van der Waals surface area contributed by atoms with Crippen molar-refractivity contribution in [2.24, 2.45) is 11.1 Å². The molecule has 1 aliphatic rings. The number of carbonyl (C=O) groups excluding carboxylic acids is 2. The van der Waals surface area contributed by atoms with Crippen molar-refractivity contribution in [2.75, 3.05) is 26.7 Å². The van der Waals surface area contributed by atoms with Gasteiger partial charge in [0.1, 0.15) is 6.04 Å². The Labute approximate surface area is 138 Å². The molecule has 126 valence electrons. The van der Waals surface area contributed by atoms with Crippen LogP contribution in [0.5, 0.6) is 0 Å². The average molecular weight is 317 g/mol. The first-order chi connectivity index (χ1) is 10.9. The fourth-order valence-electron chi connectivity index (χ4n) is 3.05. The minimum Gasteiger partial charge on any atom is -0.343 e. The van der Waals surface area contributed by atoms with Gasteiger partial charge in [-0.25, -0.2) is 0 Å². The third kappa shape index (κ3) is 4.10. The van der Waals surface area contributed by atoms with Crippen molar-refractivity contribution >= 4 is 11.8 Å². The van der Waals surface area contributed by atoms with Crippen LogP contribution in [0.1, 0.15) is 37.0 Å². The number of hydrogen-bond acceptors (Lipinski definition) is 3. The fourth-order valence-corrected chi connectivity index (χ4v) is 3.05. The van der Waals surface area contributed by atoms with Gasteiger partial charge in [-0.1, -0.05) is 32.0 Å². The van der Waals surface area contributed by atoms with Crippen LogP contribution >= 0.6 is 0 Å². The Morgan fingerprint density at radius 2 is 1.96 bits per heavy atom. The fraction of sp³-hybridized carbons (Fsp3) is 0.556. The van der Waals surface area contributed by atoms with Gasteiger partial charge in [0.25, 0.3) is 5.91 Å². The SMILES string of the molecule is CN(CC(C)(C)CN)C(=O)C1CCCN1C(=O)c1ccccc1. The van der Waals surface area contributed by atoms with E-state index in [1.54, 1.807) is 29.0 Å². The number of likely N-dealkylation sites (tertiary alicyclic amines) is 1. The number of nitrogens with two attached hydrogens (primary N) is 1. The van der Waals surface area contributed by atoms with Crippen molar-refractivity contribution in [3.8, 4) is 0 Å². The molecule has 0 radical (unpaired) electrons. The maximum absolute atomic E-state index is 12.8. The lowest BCUT2D eigenvalue weighted by Gasteiger charge is -2.33. The molecule has 1 atom stereocenters. The zero-order chi connectivity index (χ0) is 17.0. The monoisotopic (exact) mass is 317 g/mol. The molecule has 2 rings (SSSR count). The molecule has 1 fully saturated rings. The molecule has 1 aromatic rings. The Balaban J connectivity index is 2.09. The van der Waals surface area contributed by atoms with Crippen LogP contribution in [-0.2, 0) is 4.79 Å². The van der Waals surface area contributed by atoms with Gasteiger partial charge < -0.3 is 15.5 Å². The Bertz CT molecular complexity index is 557. The van der Waals surface area contributed by atoms with Crippen LogP contribution in [-0.4, -0.2) is 54.3 Å². The molecule has 1 aliphatic heterocycles. The first-order valence-corrected chi connectivity index (χ1v) is 8.17. The Hall–Kier alpha value is -1.88. The van der Waals surface area contributed by atoms with Gasteiger partial charge in [-0.15, -0.1) is 0 Å². The molecule has 23 heavy (non-hydrogen) atoms. The van der Waals surface area contributed by atoms with Crippen LogP contribution in [0, 0.1) is 5.41 Å². The van der Waals surface area contributed by atoms with Gasteiger partial charge in [-0.05, 0) is 36.9 Å². The van der Waals surface area contributed by atoms with Crippen LogP contribution < -0.4 is 5.73 Å². The first kappa shape index (κ1) is 17.5. The van der Waals surface area contributed by atoms with E-state index in [0.717, 1.165) is 12.8 Å². The van der Waals surface area contributed by atoms with Gasteiger partial charge in [0.2, 0.25) is 5.91 Å². The van der Waals surface area contributed by atoms with Crippen molar-refractivity contribution in [1.29, 1.82) is 0 Å². The number of carbonyl (C=O) groups is 2. The molecule has 5 nitrogen and oxygen atoms in total. The molecule has 0 bridgehead atoms. The Morgan fingerprint density at radius 3 is 2.57 bits per heavy atom. The molecular formula is C18H27N3O2. The topological polar surface area (TPSA) is 66.6 Å². The second-order valence-corrected chi connectivity index (χ2v) is 7.09. The van der Waals surface area contributed by atoms with Gasteiger partial charge in [0.05, 0.1) is 0 Å². The number of nitrogens with zero attached hydrogens (tertiary/aromatic N) is 2. The lowest BCUT2D eigenvalue weighted by molar-refractivity contribution is -0.135. The predicted octanol–water partition coefficient (Wildman–Crippen LogP) is 1.73. The second kappa shape index (κ2) is 7.13. The highest BCUT2D eigenvalue weighted by atomic mass is 16.2. The van der Waals surface area contributed by atoms with Crippen molar-refractivity contribution < 1.29 is 9.59 Å². The molecular weight excluding hydrogens is 290 g/mol. The van der Waals surface area contributed by atoms with Crippen LogP contribution in [0.15, 0.2) is 30.3 Å². The maximum Gasteiger partial charge on any atom is 0.254 e. The Morgan fingerprint density at radius 1 is 1.30 bits per heavy atom. The summed E-state index contributed by atoms with van der Waals surface area (Å²) in [4.78, 5) is 28.9. The molecule has 2 amide bonds. The molecule has 0 spiro atoms. The maximum atomic E-state index is 12.8. The summed E-state index contributed by atoms with van der Waals surface area (Å²) in [7, 11) is 1.79. The number of amides is 2. The van der Waals surface area contributed by atoms with Gasteiger partial charge in [-0.3, -0.25) is 9.59 Å². The summed E-state index contributed by atoms with van der Waals surface area (Å²) >= 11 is 0. The number of likely N-dealkylation sites (N-methyl/N-ethyl adjacent to an activating group) is 1. The average Bonchev–Trinajstić information content (AvgIpc) is 3.03. The van der Waals surface area contributed by atoms with E-state index in [4.69, 9.17) is 5.73 Å². The van der Waals surface area contributed by atoms with E-state index in [1.807, 2.05) is 32.0 Å². The summed E-state index contributed by atoms with van der Waals surface area (Å²) in [5.74, 6) is -0.0544. The molecule has 1 heterocycles. The minimum absolute atomic E-state index is 0.00769. The van der Waals surface area contributed by atoms with Crippen molar-refractivity contribution in [3.05, 3.63) is 35.9 Å². The van der Waals surface area contributed by atoms with Crippen LogP contribution in [0.4, 0.5) is 0 Å². The van der Waals surface area contributed by atoms with Gasteiger partial charge in [0, 0.05) is 25.7 Å². The summed E-state index contributed by atoms with van der Waals surface area (Å²) in [6.45, 7) is 5.82. The smallest absolute Gasteiger partial charge is 0.254 e. The normalized spacial score (nSPS) is 18.1. The van der Waals surface area contributed by atoms with E-state index in [9.17, 15) is 9.59 Å². The highest BCUT2D eigenvalue weighted by Crippen LogP contribution is 2.23. The van der Waals surface area contributed by atoms with Crippen LogP contribution in [0.3, 0.4) is 0 Å². The number of hydrogen-bond donors (Lipinski definition) is 1. The molecule has 0 aliphatic carbocycles. The molecule has 2 N–H and O–H groups in total. The van der Waals surface area contributed by atoms with Crippen molar-refractivity contribution in [1.82, 2.24) is 9.80 Å². The standard InChI is InChI=1S/C18H27N3O2/c1-18(2,12-19)13-20(3)17(23)15-10-7-11-21(15)16(22)14-8-5-4-6-9-14/h4-6,8-9,15H,7,10-13,19H2,1-3H3. The minimum atomic E-state index is -0.360. The van der Waals surface area contributed by atoms with Gasteiger partial charge in [-0.2, -0.15) is 0 Å². The van der Waals surface area contributed by atoms with Crippen LogP contribution in [0.25, 0.3) is 0 Å². The van der Waals surface area contributed by atoms with E-state index in [-0.39, 0.29) is 23.3 Å². The second-order valence-electron chi connectivity index (χ2n) is 7.09. The Kier molecular flexibility index (Phi) is 5.42. The molecule has 1 unspecified atom stereocenters. The number of benzene rings is 1. The predicted molar refractivity (Wildman–Crippen MR) is 91.0 cm³/mol. The third-order valence-electron chi connectivity index (χ3n) is 4.41. The highest BCUT2D eigenvalue weighted by Gasteiger charge is 2.36. The summed E-state index contributed by atoms with van der Waals surface area (Å²) in [5, 5.41) is 0. The third-order valence-corrected chi connectivity index (χ3v) is 4.41. The molecule has 1 aromatic carbocycles. The summed E-state index contributed by atoms with van der Waals surface area (Å²) in [6.07, 6.45) is 1.59. The summed E-state index contributed by atoms with van der Waals surface area (Å²) in [5.41, 5.74) is 6.27. The van der Waals surface area contributed by atoms with E-state index in [1.165, 1.54) is 0 Å². The van der Waals surface area contributed by atoms with E-state index in [2.05, 4.69) is 0 Å². The zero-order valence-corrected chi connectivity index (χ0v) is 14.3. The van der Waals surface area contributed by atoms with Crippen molar-refractivity contribution in [3.63, 3.8) is 0 Å². The lowest BCUT2D eigenvalue weighted by Crippen LogP contribution is -2.49. The van der Waals surface area contributed by atoms with E-state index >= 15 is 0 Å². The molecule has 5 heteroatoms. The molecule has 1 saturated heterocycles. The molecule has 0 saturated carbocycles. The summed E-state index contributed by atoms with van der Waals surface area (Å²) < 4.78 is 0. The van der Waals surface area contributed by atoms with Crippen LogP contribution in [0.2, 0.25) is 0 Å². The van der Waals surface area contributed by atoms with E-state index in [0.29, 0.717) is 25.2 Å². The summed E-state index contributed by atoms with van der Waals surface area (Å²) in [6, 6.07) is 8.80. The van der Waals surface area contributed by atoms with Gasteiger partial charge in [0.15, 0.2) is 0 Å². The number of rotatable bonds is 5. The molecule has 0 aromatic heterocycles. The van der Waals surface area contributed by atoms with Gasteiger partial charge >= 0.3 is 0 Å². The van der Waals surface area contributed by atoms with Crippen molar-refractivity contribution in [2.45, 2.75) is 32.7 Å². The lowest BCUT2D eigenvalue weighted by atomic mass is 9.93.